The second kappa shape index (κ2) is 6.95. The number of furan rings is 1. The van der Waals surface area contributed by atoms with Crippen molar-refractivity contribution in [3.8, 4) is 0 Å². The van der Waals surface area contributed by atoms with E-state index in [4.69, 9.17) is 9.15 Å². The minimum absolute atomic E-state index is 0.589. The summed E-state index contributed by atoms with van der Waals surface area (Å²) in [5.41, 5.74) is 0. The number of hydrogen-bond donors (Lipinski definition) is 1. The predicted molar refractivity (Wildman–Crippen MR) is 72.3 cm³/mol. The van der Waals surface area contributed by atoms with Gasteiger partial charge in [-0.1, -0.05) is 13.8 Å². The Morgan fingerprint density at radius 1 is 1.44 bits per heavy atom. The fourth-order valence-electron chi connectivity index (χ4n) is 2.42. The van der Waals surface area contributed by atoms with Crippen LogP contribution in [0.5, 0.6) is 0 Å². The number of nitrogens with one attached hydrogen (secondary N) is 1. The summed E-state index contributed by atoms with van der Waals surface area (Å²) < 4.78 is 10.7. The summed E-state index contributed by atoms with van der Waals surface area (Å²) in [6, 6.07) is 4.59. The second-order valence-corrected chi connectivity index (χ2v) is 5.61. The van der Waals surface area contributed by atoms with Crippen LogP contribution in [0.4, 0.5) is 0 Å². The van der Waals surface area contributed by atoms with Gasteiger partial charge in [0, 0.05) is 12.6 Å². The molecule has 1 N–H and O–H groups in total. The summed E-state index contributed by atoms with van der Waals surface area (Å²) in [6.07, 6.45) is 5.46. The lowest BCUT2D eigenvalue weighted by molar-refractivity contribution is 0.100. The molecule has 0 aromatic carbocycles. The molecule has 1 fully saturated rings. The zero-order valence-corrected chi connectivity index (χ0v) is 11.5. The maximum absolute atomic E-state index is 5.54. The monoisotopic (exact) mass is 251 g/mol. The van der Waals surface area contributed by atoms with Gasteiger partial charge in [-0.05, 0) is 49.8 Å². The van der Waals surface area contributed by atoms with Crippen molar-refractivity contribution in [3.05, 3.63) is 24.2 Å². The summed E-state index contributed by atoms with van der Waals surface area (Å²) >= 11 is 0. The molecule has 0 aliphatic heterocycles. The van der Waals surface area contributed by atoms with Gasteiger partial charge in [0.1, 0.15) is 12.4 Å². The molecule has 2 rings (SSSR count). The van der Waals surface area contributed by atoms with Crippen molar-refractivity contribution in [3.63, 3.8) is 0 Å². The van der Waals surface area contributed by atoms with E-state index >= 15 is 0 Å². The molecular formula is C15H25NO2. The Morgan fingerprint density at radius 2 is 2.28 bits per heavy atom. The second-order valence-electron chi connectivity index (χ2n) is 5.61. The van der Waals surface area contributed by atoms with Crippen molar-refractivity contribution < 1.29 is 9.15 Å². The maximum atomic E-state index is 5.54. The molecule has 1 aromatic rings. The van der Waals surface area contributed by atoms with Crippen LogP contribution in [0.2, 0.25) is 0 Å². The number of ether oxygens (including phenoxy) is 1. The van der Waals surface area contributed by atoms with E-state index < -0.39 is 0 Å². The van der Waals surface area contributed by atoms with E-state index in [1.807, 2.05) is 12.1 Å². The van der Waals surface area contributed by atoms with Gasteiger partial charge in [0.05, 0.1) is 6.26 Å². The van der Waals surface area contributed by atoms with E-state index in [1.165, 1.54) is 12.8 Å². The Morgan fingerprint density at radius 3 is 2.94 bits per heavy atom. The Kier molecular flexibility index (Phi) is 5.26. The molecule has 1 aliphatic carbocycles. The third-order valence-corrected chi connectivity index (χ3v) is 3.84. The average molecular weight is 251 g/mol. The Bertz CT molecular complexity index is 315. The topological polar surface area (TPSA) is 34.4 Å². The first-order valence-electron chi connectivity index (χ1n) is 7.09. The maximum Gasteiger partial charge on any atom is 0.129 e. The van der Waals surface area contributed by atoms with Crippen molar-refractivity contribution in [1.29, 1.82) is 0 Å². The van der Waals surface area contributed by atoms with E-state index in [-0.39, 0.29) is 0 Å². The molecular weight excluding hydrogens is 226 g/mol. The lowest BCUT2D eigenvalue weighted by Gasteiger charge is -2.38. The molecule has 0 saturated heterocycles. The van der Waals surface area contributed by atoms with E-state index in [0.717, 1.165) is 43.2 Å². The quantitative estimate of drug-likeness (QED) is 0.720. The molecule has 0 amide bonds. The Hall–Kier alpha value is -0.800. The van der Waals surface area contributed by atoms with Gasteiger partial charge < -0.3 is 14.5 Å². The largest absolute Gasteiger partial charge is 0.467 e. The molecule has 1 aliphatic rings. The molecule has 1 saturated carbocycles. The fourth-order valence-corrected chi connectivity index (χ4v) is 2.42. The zero-order valence-electron chi connectivity index (χ0n) is 11.5. The fraction of sp³-hybridized carbons (Fsp3) is 0.733. The summed E-state index contributed by atoms with van der Waals surface area (Å²) in [4.78, 5) is 0. The Balaban J connectivity index is 1.41. The molecule has 3 nitrogen and oxygen atoms in total. The van der Waals surface area contributed by atoms with Crippen LogP contribution in [0.3, 0.4) is 0 Å². The first kappa shape index (κ1) is 13.6. The Labute approximate surface area is 110 Å². The molecule has 18 heavy (non-hydrogen) atoms. The van der Waals surface area contributed by atoms with E-state index in [9.17, 15) is 0 Å². The summed E-state index contributed by atoms with van der Waals surface area (Å²) in [7, 11) is 0. The molecule has 1 heterocycles. The van der Waals surface area contributed by atoms with Crippen LogP contribution >= 0.6 is 0 Å². The van der Waals surface area contributed by atoms with Crippen molar-refractivity contribution in [2.24, 2.45) is 11.8 Å². The highest BCUT2D eigenvalue weighted by Crippen LogP contribution is 2.33. The van der Waals surface area contributed by atoms with Gasteiger partial charge in [-0.3, -0.25) is 0 Å². The first-order chi connectivity index (χ1) is 8.75. The smallest absolute Gasteiger partial charge is 0.129 e. The van der Waals surface area contributed by atoms with E-state index in [2.05, 4.69) is 19.2 Å². The number of hydrogen-bond acceptors (Lipinski definition) is 3. The van der Waals surface area contributed by atoms with Gasteiger partial charge in [0.2, 0.25) is 0 Å². The van der Waals surface area contributed by atoms with Gasteiger partial charge in [-0.2, -0.15) is 0 Å². The third kappa shape index (κ3) is 4.14. The summed E-state index contributed by atoms with van der Waals surface area (Å²) in [5, 5.41) is 3.59. The molecule has 102 valence electrons. The van der Waals surface area contributed by atoms with Gasteiger partial charge in [0.15, 0.2) is 0 Å². The van der Waals surface area contributed by atoms with Crippen LogP contribution in [0.1, 0.15) is 38.9 Å². The minimum atomic E-state index is 0.589. The third-order valence-electron chi connectivity index (χ3n) is 3.84. The molecule has 0 radical (unpaired) electrons. The highest BCUT2D eigenvalue weighted by atomic mass is 16.5. The highest BCUT2D eigenvalue weighted by molar-refractivity contribution is 4.96. The van der Waals surface area contributed by atoms with Crippen LogP contribution in [-0.2, 0) is 11.3 Å². The lowest BCUT2D eigenvalue weighted by Crippen LogP contribution is -2.43. The number of rotatable bonds is 8. The highest BCUT2D eigenvalue weighted by Gasteiger charge is 2.30. The normalized spacial score (nSPS) is 23.3. The van der Waals surface area contributed by atoms with Crippen LogP contribution in [0, 0.1) is 11.8 Å². The lowest BCUT2D eigenvalue weighted by atomic mass is 9.74. The van der Waals surface area contributed by atoms with Crippen molar-refractivity contribution in [2.45, 2.75) is 45.8 Å². The predicted octanol–water partition coefficient (Wildman–Crippen LogP) is 3.21. The zero-order chi connectivity index (χ0) is 12.8. The molecule has 1 aromatic heterocycles. The molecule has 0 atom stereocenters. The van der Waals surface area contributed by atoms with Crippen LogP contribution in [0.25, 0.3) is 0 Å². The van der Waals surface area contributed by atoms with Crippen LogP contribution in [-0.4, -0.2) is 19.2 Å². The first-order valence-corrected chi connectivity index (χ1v) is 7.09. The SMILES string of the molecule is CC(C)C1CC(NCCCOCc2ccco2)C1. The standard InChI is InChI=1S/C15H25NO2/c1-12(2)13-9-14(10-13)16-6-4-7-17-11-15-5-3-8-18-15/h3,5,8,12-14,16H,4,6-7,9-11H2,1-2H3. The molecule has 0 unspecified atom stereocenters. The minimum Gasteiger partial charge on any atom is -0.467 e. The molecule has 3 heteroatoms. The van der Waals surface area contributed by atoms with Crippen molar-refractivity contribution in [1.82, 2.24) is 5.32 Å². The van der Waals surface area contributed by atoms with E-state index in [0.29, 0.717) is 6.61 Å². The van der Waals surface area contributed by atoms with Crippen molar-refractivity contribution in [2.75, 3.05) is 13.2 Å². The van der Waals surface area contributed by atoms with Gasteiger partial charge in [0.25, 0.3) is 0 Å². The summed E-state index contributed by atoms with van der Waals surface area (Å²) in [6.45, 7) is 7.10. The molecule has 0 bridgehead atoms. The average Bonchev–Trinajstić information content (AvgIpc) is 2.77. The summed E-state index contributed by atoms with van der Waals surface area (Å²) in [5.74, 6) is 2.69. The molecule has 0 spiro atoms. The van der Waals surface area contributed by atoms with Gasteiger partial charge in [-0.25, -0.2) is 0 Å². The van der Waals surface area contributed by atoms with E-state index in [1.54, 1.807) is 6.26 Å². The van der Waals surface area contributed by atoms with Crippen molar-refractivity contribution >= 4 is 0 Å². The van der Waals surface area contributed by atoms with Crippen LogP contribution in [0.15, 0.2) is 22.8 Å². The van der Waals surface area contributed by atoms with Crippen LogP contribution < -0.4 is 5.32 Å². The van der Waals surface area contributed by atoms with Gasteiger partial charge in [-0.15, -0.1) is 0 Å². The van der Waals surface area contributed by atoms with Gasteiger partial charge >= 0.3 is 0 Å².